The first-order valence-electron chi connectivity index (χ1n) is 7.25. The fourth-order valence-electron chi connectivity index (χ4n) is 2.37. The lowest BCUT2D eigenvalue weighted by molar-refractivity contribution is 0.412. The van der Waals surface area contributed by atoms with Gasteiger partial charge in [0.1, 0.15) is 0 Å². The van der Waals surface area contributed by atoms with Crippen molar-refractivity contribution >= 4 is 29.9 Å². The predicted molar refractivity (Wildman–Crippen MR) is 90.6 cm³/mol. The van der Waals surface area contributed by atoms with Gasteiger partial charge in [-0.25, -0.2) is 0 Å². The van der Waals surface area contributed by atoms with Crippen LogP contribution in [0, 0.1) is 5.92 Å². The highest BCUT2D eigenvalue weighted by atomic mass is 127. The summed E-state index contributed by atoms with van der Waals surface area (Å²) in [5, 5.41) is 3.35. The van der Waals surface area contributed by atoms with Gasteiger partial charge in [-0.2, -0.15) is 0 Å². The van der Waals surface area contributed by atoms with Gasteiger partial charge in [-0.05, 0) is 25.2 Å². The maximum absolute atomic E-state index is 5.89. The molecule has 0 radical (unpaired) electrons. The van der Waals surface area contributed by atoms with Crippen LogP contribution in [0.3, 0.4) is 0 Å². The second kappa shape index (κ2) is 10.9. The summed E-state index contributed by atoms with van der Waals surface area (Å²) in [6, 6.07) is 0.572. The zero-order chi connectivity index (χ0) is 12.5. The highest BCUT2D eigenvalue weighted by Gasteiger charge is 2.12. The van der Waals surface area contributed by atoms with Crippen LogP contribution < -0.4 is 11.1 Å². The molecule has 3 nitrogen and oxygen atoms in total. The summed E-state index contributed by atoms with van der Waals surface area (Å²) in [7, 11) is 0. The SMILES string of the molecule is CC(C)CCCCN=C(N)NC1CCCCC1.I. The number of hydrogen-bond donors (Lipinski definition) is 2. The zero-order valence-electron chi connectivity index (χ0n) is 12.0. The van der Waals surface area contributed by atoms with Crippen molar-refractivity contribution in [2.75, 3.05) is 6.54 Å². The molecule has 0 unspecified atom stereocenters. The van der Waals surface area contributed by atoms with E-state index in [0.29, 0.717) is 12.0 Å². The molecule has 3 N–H and O–H groups in total. The second-order valence-electron chi connectivity index (χ2n) is 5.64. The first kappa shape index (κ1) is 18.0. The van der Waals surface area contributed by atoms with Gasteiger partial charge in [0.05, 0.1) is 0 Å². The standard InChI is InChI=1S/C14H29N3.HI/c1-12(2)8-6-7-11-16-14(15)17-13-9-4-3-5-10-13;/h12-13H,3-11H2,1-2H3,(H3,15,16,17);1H. The van der Waals surface area contributed by atoms with Gasteiger partial charge in [0, 0.05) is 12.6 Å². The molecule has 4 heteroatoms. The molecule has 0 aliphatic heterocycles. The molecule has 1 rings (SSSR count). The first-order chi connectivity index (χ1) is 8.18. The zero-order valence-corrected chi connectivity index (χ0v) is 14.3. The Labute approximate surface area is 129 Å². The molecule has 1 aliphatic carbocycles. The summed E-state index contributed by atoms with van der Waals surface area (Å²) in [5.74, 6) is 1.46. The number of nitrogens with zero attached hydrogens (tertiary/aromatic N) is 1. The lowest BCUT2D eigenvalue weighted by Gasteiger charge is -2.23. The minimum atomic E-state index is 0. The second-order valence-corrected chi connectivity index (χ2v) is 5.64. The Balaban J connectivity index is 0.00000289. The molecule has 0 aromatic rings. The fraction of sp³-hybridized carbons (Fsp3) is 0.929. The Hall–Kier alpha value is 0. The third kappa shape index (κ3) is 9.00. The number of nitrogens with one attached hydrogen (secondary N) is 1. The number of guanidine groups is 1. The van der Waals surface area contributed by atoms with Gasteiger partial charge in [0.2, 0.25) is 0 Å². The summed E-state index contributed by atoms with van der Waals surface area (Å²) < 4.78 is 0. The van der Waals surface area contributed by atoms with Crippen molar-refractivity contribution in [1.82, 2.24) is 5.32 Å². The van der Waals surface area contributed by atoms with Crippen LogP contribution in [-0.4, -0.2) is 18.5 Å². The van der Waals surface area contributed by atoms with E-state index in [1.807, 2.05) is 0 Å². The van der Waals surface area contributed by atoms with E-state index >= 15 is 0 Å². The number of hydrogen-bond acceptors (Lipinski definition) is 1. The Bertz CT molecular complexity index is 223. The lowest BCUT2D eigenvalue weighted by Crippen LogP contribution is -2.41. The summed E-state index contributed by atoms with van der Waals surface area (Å²) in [5.41, 5.74) is 5.89. The van der Waals surface area contributed by atoms with E-state index in [9.17, 15) is 0 Å². The van der Waals surface area contributed by atoms with Gasteiger partial charge >= 0.3 is 0 Å². The minimum absolute atomic E-state index is 0. The van der Waals surface area contributed by atoms with E-state index in [1.54, 1.807) is 0 Å². The topological polar surface area (TPSA) is 50.4 Å². The third-order valence-electron chi connectivity index (χ3n) is 3.43. The molecule has 0 aromatic carbocycles. The van der Waals surface area contributed by atoms with Crippen LogP contribution in [0.4, 0.5) is 0 Å². The van der Waals surface area contributed by atoms with Crippen molar-refractivity contribution in [1.29, 1.82) is 0 Å². The highest BCUT2D eigenvalue weighted by Crippen LogP contribution is 2.17. The molecule has 0 bridgehead atoms. The van der Waals surface area contributed by atoms with Gasteiger partial charge in [0.15, 0.2) is 5.96 Å². The van der Waals surface area contributed by atoms with E-state index in [1.165, 1.54) is 44.9 Å². The molecule has 0 atom stereocenters. The number of rotatable bonds is 6. The average molecular weight is 367 g/mol. The normalized spacial score (nSPS) is 17.6. The van der Waals surface area contributed by atoms with Crippen molar-refractivity contribution < 1.29 is 0 Å². The smallest absolute Gasteiger partial charge is 0.188 e. The maximum atomic E-state index is 5.89. The maximum Gasteiger partial charge on any atom is 0.188 e. The van der Waals surface area contributed by atoms with Crippen LogP contribution in [0.5, 0.6) is 0 Å². The Morgan fingerprint density at radius 2 is 1.89 bits per heavy atom. The van der Waals surface area contributed by atoms with Crippen LogP contribution in [0.15, 0.2) is 4.99 Å². The molecular weight excluding hydrogens is 337 g/mol. The Morgan fingerprint density at radius 3 is 2.50 bits per heavy atom. The molecule has 0 saturated heterocycles. The number of halogens is 1. The van der Waals surface area contributed by atoms with Crippen molar-refractivity contribution in [2.24, 2.45) is 16.6 Å². The van der Waals surface area contributed by atoms with Crippen LogP contribution in [-0.2, 0) is 0 Å². The molecule has 18 heavy (non-hydrogen) atoms. The number of aliphatic imine (C=N–C) groups is 1. The number of unbranched alkanes of at least 4 members (excludes halogenated alkanes) is 1. The molecule has 108 valence electrons. The summed E-state index contributed by atoms with van der Waals surface area (Å²) in [4.78, 5) is 4.40. The summed E-state index contributed by atoms with van der Waals surface area (Å²) in [6.45, 7) is 5.41. The monoisotopic (exact) mass is 367 g/mol. The van der Waals surface area contributed by atoms with Crippen LogP contribution in [0.25, 0.3) is 0 Å². The Morgan fingerprint density at radius 1 is 1.22 bits per heavy atom. The molecule has 1 fully saturated rings. The number of nitrogens with two attached hydrogens (primary N) is 1. The minimum Gasteiger partial charge on any atom is -0.370 e. The van der Waals surface area contributed by atoms with E-state index in [-0.39, 0.29) is 24.0 Å². The summed E-state index contributed by atoms with van der Waals surface area (Å²) in [6.07, 6.45) is 10.3. The molecule has 0 heterocycles. The molecule has 0 amide bonds. The van der Waals surface area contributed by atoms with Gasteiger partial charge in [-0.1, -0.05) is 46.0 Å². The average Bonchev–Trinajstić information content (AvgIpc) is 2.29. The van der Waals surface area contributed by atoms with E-state index in [2.05, 4.69) is 24.2 Å². The quantitative estimate of drug-likeness (QED) is 0.326. The van der Waals surface area contributed by atoms with Crippen LogP contribution >= 0.6 is 24.0 Å². The fourth-order valence-corrected chi connectivity index (χ4v) is 2.37. The van der Waals surface area contributed by atoms with Crippen LogP contribution in [0.1, 0.15) is 65.2 Å². The van der Waals surface area contributed by atoms with Crippen LogP contribution in [0.2, 0.25) is 0 Å². The third-order valence-corrected chi connectivity index (χ3v) is 3.43. The first-order valence-corrected chi connectivity index (χ1v) is 7.25. The van der Waals surface area contributed by atoms with Gasteiger partial charge in [0.25, 0.3) is 0 Å². The molecule has 1 aliphatic rings. The highest BCUT2D eigenvalue weighted by molar-refractivity contribution is 14.0. The van der Waals surface area contributed by atoms with Gasteiger partial charge < -0.3 is 11.1 Å². The molecule has 0 aromatic heterocycles. The Kier molecular flexibility index (Phi) is 10.9. The van der Waals surface area contributed by atoms with Crippen molar-refractivity contribution in [2.45, 2.75) is 71.3 Å². The van der Waals surface area contributed by atoms with Crippen molar-refractivity contribution in [3.63, 3.8) is 0 Å². The largest absolute Gasteiger partial charge is 0.370 e. The van der Waals surface area contributed by atoms with Gasteiger partial charge in [-0.3, -0.25) is 4.99 Å². The molecule has 0 spiro atoms. The summed E-state index contributed by atoms with van der Waals surface area (Å²) >= 11 is 0. The van der Waals surface area contributed by atoms with Crippen molar-refractivity contribution in [3.05, 3.63) is 0 Å². The van der Waals surface area contributed by atoms with Gasteiger partial charge in [-0.15, -0.1) is 24.0 Å². The van der Waals surface area contributed by atoms with E-state index in [4.69, 9.17) is 5.73 Å². The van der Waals surface area contributed by atoms with Crippen molar-refractivity contribution in [3.8, 4) is 0 Å². The molecular formula is C14H30IN3. The lowest BCUT2D eigenvalue weighted by atomic mass is 9.96. The van der Waals surface area contributed by atoms with E-state index in [0.717, 1.165) is 18.9 Å². The predicted octanol–water partition coefficient (Wildman–Crippen LogP) is 3.67. The molecule has 1 saturated carbocycles. The van der Waals surface area contributed by atoms with E-state index < -0.39 is 0 Å².